The van der Waals surface area contributed by atoms with E-state index in [9.17, 15) is 31.1 Å². The van der Waals surface area contributed by atoms with Crippen LogP contribution in [-0.4, -0.2) is 54.5 Å². The van der Waals surface area contributed by atoms with Crippen LogP contribution in [0.4, 0.5) is 23.2 Å². The number of allylic oxidation sites excluding steroid dienone is 4. The first-order valence-electron chi connectivity index (χ1n) is 11.6. The van der Waals surface area contributed by atoms with Gasteiger partial charge in [-0.1, -0.05) is 54.7 Å². The van der Waals surface area contributed by atoms with Gasteiger partial charge < -0.3 is 10.0 Å². The molecule has 0 aromatic heterocycles. The predicted molar refractivity (Wildman–Crippen MR) is 138 cm³/mol. The molecule has 0 bridgehead atoms. The number of alkyl halides is 3. The summed E-state index contributed by atoms with van der Waals surface area (Å²) >= 11 is 5.28. The second kappa shape index (κ2) is 10.3. The highest BCUT2D eigenvalue weighted by molar-refractivity contribution is 7.96. The van der Waals surface area contributed by atoms with E-state index in [0.717, 1.165) is 0 Å². The minimum atomic E-state index is -4.86. The molecule has 0 spiro atoms. The number of anilines is 1. The highest BCUT2D eigenvalue weighted by atomic mass is 32.2. The van der Waals surface area contributed by atoms with Crippen molar-refractivity contribution < 1.29 is 31.1 Å². The molecule has 2 aliphatic rings. The number of halogens is 4. The average Bonchev–Trinajstić information content (AvgIpc) is 2.85. The lowest BCUT2D eigenvalue weighted by Crippen LogP contribution is -2.56. The molecule has 1 fully saturated rings. The highest BCUT2D eigenvalue weighted by Gasteiger charge is 2.51. The van der Waals surface area contributed by atoms with Crippen molar-refractivity contribution in [3.63, 3.8) is 0 Å². The first-order chi connectivity index (χ1) is 17.3. The predicted octanol–water partition coefficient (Wildman–Crippen LogP) is 4.87. The van der Waals surface area contributed by atoms with Crippen molar-refractivity contribution in [3.05, 3.63) is 88.6 Å². The van der Waals surface area contributed by atoms with Crippen molar-refractivity contribution >= 4 is 32.8 Å². The Balaban J connectivity index is 1.65. The quantitative estimate of drug-likeness (QED) is 0.408. The smallest absolute Gasteiger partial charge is 0.376 e. The molecule has 4 rings (SSSR count). The summed E-state index contributed by atoms with van der Waals surface area (Å²) in [5.74, 6) is -0.430. The lowest BCUT2D eigenvalue weighted by molar-refractivity contribution is -0.258. The van der Waals surface area contributed by atoms with E-state index < -0.39 is 33.7 Å². The van der Waals surface area contributed by atoms with Crippen LogP contribution in [0.2, 0.25) is 0 Å². The van der Waals surface area contributed by atoms with Gasteiger partial charge in [0, 0.05) is 42.6 Å². The summed E-state index contributed by atoms with van der Waals surface area (Å²) in [5.41, 5.74) is -2.41. The Labute approximate surface area is 218 Å². The van der Waals surface area contributed by atoms with Crippen molar-refractivity contribution in [2.45, 2.75) is 37.6 Å². The van der Waals surface area contributed by atoms with E-state index in [1.54, 1.807) is 30.4 Å². The number of hydrogen-bond acceptors (Lipinski definition) is 5. The molecule has 0 unspecified atom stereocenters. The topological polar surface area (TPSA) is 60.9 Å². The third-order valence-electron chi connectivity index (χ3n) is 6.75. The zero-order chi connectivity index (χ0) is 27.0. The molecule has 1 N–H and O–H groups in total. The van der Waals surface area contributed by atoms with Crippen LogP contribution in [0.3, 0.4) is 0 Å². The summed E-state index contributed by atoms with van der Waals surface area (Å²) in [6, 6.07) is 11.0. The molecule has 1 aliphatic carbocycles. The van der Waals surface area contributed by atoms with Crippen molar-refractivity contribution in [3.8, 4) is 0 Å². The molecule has 2 aromatic carbocycles. The number of hydrogen-bond donors (Lipinski definition) is 1. The van der Waals surface area contributed by atoms with E-state index in [2.05, 4.69) is 0 Å². The Kier molecular flexibility index (Phi) is 7.62. The zero-order valence-electron chi connectivity index (χ0n) is 20.0. The van der Waals surface area contributed by atoms with Gasteiger partial charge in [0.25, 0.3) is 0 Å². The maximum atomic E-state index is 14.5. The average molecular weight is 555 g/mol. The van der Waals surface area contributed by atoms with Crippen LogP contribution in [0.1, 0.15) is 24.5 Å². The molecule has 198 valence electrons. The number of benzene rings is 2. The Hall–Kier alpha value is -2.60. The van der Waals surface area contributed by atoms with Crippen LogP contribution in [0.25, 0.3) is 0 Å². The standard InChI is InChI=1S/C26H26F4N2O3S2/c1-25(33,26(28,29)30)19-10-12-20(13-11-19)32-15-14-31(37(34,35)24-9-5-4-8-23(24)36)17-21(32)16-18-6-2-3-7-22(18)27/h2-7,9-13,21,33H,8,14-17H2,1H3/t21-,25+/m1/s1. The number of thiocarbonyl (C=S) groups is 1. The van der Waals surface area contributed by atoms with E-state index in [-0.39, 0.29) is 36.5 Å². The van der Waals surface area contributed by atoms with Crippen molar-refractivity contribution in [1.29, 1.82) is 0 Å². The second-order valence-electron chi connectivity index (χ2n) is 9.21. The number of nitrogens with zero attached hydrogens (tertiary/aromatic N) is 2. The number of sulfonamides is 1. The van der Waals surface area contributed by atoms with Gasteiger partial charge in [-0.05, 0) is 48.7 Å². The molecule has 1 aliphatic heterocycles. The lowest BCUT2D eigenvalue weighted by Gasteiger charge is -2.43. The van der Waals surface area contributed by atoms with E-state index in [1.165, 1.54) is 40.7 Å². The lowest BCUT2D eigenvalue weighted by atomic mass is 9.94. The molecule has 0 amide bonds. The minimum absolute atomic E-state index is 0.0301. The minimum Gasteiger partial charge on any atom is -0.376 e. The molecule has 5 nitrogen and oxygen atoms in total. The van der Waals surface area contributed by atoms with E-state index in [1.807, 2.05) is 4.90 Å². The summed E-state index contributed by atoms with van der Waals surface area (Å²) in [5, 5.41) is 10.00. The zero-order valence-corrected chi connectivity index (χ0v) is 21.6. The summed E-state index contributed by atoms with van der Waals surface area (Å²) in [7, 11) is -3.89. The molecule has 11 heteroatoms. The maximum absolute atomic E-state index is 14.5. The van der Waals surface area contributed by atoms with Gasteiger partial charge in [-0.15, -0.1) is 0 Å². The van der Waals surface area contributed by atoms with Gasteiger partial charge in [-0.2, -0.15) is 17.5 Å². The molecule has 0 radical (unpaired) electrons. The van der Waals surface area contributed by atoms with Crippen molar-refractivity contribution in [2.75, 3.05) is 24.5 Å². The molecule has 2 atom stereocenters. The summed E-state index contributed by atoms with van der Waals surface area (Å²) < 4.78 is 82.5. The van der Waals surface area contributed by atoms with Gasteiger partial charge in [0.1, 0.15) is 5.82 Å². The summed E-state index contributed by atoms with van der Waals surface area (Å²) in [6.07, 6.45) is 0.570. The van der Waals surface area contributed by atoms with E-state index >= 15 is 0 Å². The normalized spacial score (nSPS) is 21.0. The first-order valence-corrected chi connectivity index (χ1v) is 13.5. The molecule has 0 saturated carbocycles. The third kappa shape index (κ3) is 5.50. The van der Waals surface area contributed by atoms with Gasteiger partial charge in [0.2, 0.25) is 10.0 Å². The highest BCUT2D eigenvalue weighted by Crippen LogP contribution is 2.39. The maximum Gasteiger partial charge on any atom is 0.421 e. The van der Waals surface area contributed by atoms with Gasteiger partial charge in [-0.25, -0.2) is 12.8 Å². The first kappa shape index (κ1) is 27.4. The summed E-state index contributed by atoms with van der Waals surface area (Å²) in [6.45, 7) is 1.06. The molecule has 1 heterocycles. The molecule has 1 saturated heterocycles. The van der Waals surface area contributed by atoms with Gasteiger partial charge in [-0.3, -0.25) is 0 Å². The number of aliphatic hydroxyl groups is 1. The number of rotatable bonds is 6. The Morgan fingerprint density at radius 1 is 1.08 bits per heavy atom. The van der Waals surface area contributed by atoms with E-state index in [0.29, 0.717) is 29.5 Å². The fourth-order valence-corrected chi connectivity index (χ4v) is 6.58. The monoisotopic (exact) mass is 554 g/mol. The van der Waals surface area contributed by atoms with Crippen LogP contribution in [0, 0.1) is 5.82 Å². The summed E-state index contributed by atoms with van der Waals surface area (Å²) in [4.78, 5) is 2.25. The molecule has 2 aromatic rings. The largest absolute Gasteiger partial charge is 0.421 e. The fraction of sp³-hybridized carbons (Fsp3) is 0.346. The Morgan fingerprint density at radius 2 is 1.76 bits per heavy atom. The molecular weight excluding hydrogens is 528 g/mol. The van der Waals surface area contributed by atoms with Crippen LogP contribution >= 0.6 is 12.2 Å². The van der Waals surface area contributed by atoms with Gasteiger partial charge >= 0.3 is 6.18 Å². The number of piperazine rings is 1. The van der Waals surface area contributed by atoms with Crippen LogP contribution in [0.15, 0.2) is 71.7 Å². The fourth-order valence-electron chi connectivity index (χ4n) is 4.51. The Morgan fingerprint density at radius 3 is 2.38 bits per heavy atom. The molecular formula is C26H26F4N2O3S2. The van der Waals surface area contributed by atoms with Gasteiger partial charge in [0.15, 0.2) is 5.60 Å². The van der Waals surface area contributed by atoms with Gasteiger partial charge in [0.05, 0.1) is 4.91 Å². The van der Waals surface area contributed by atoms with Crippen molar-refractivity contribution in [1.82, 2.24) is 4.31 Å². The van der Waals surface area contributed by atoms with E-state index in [4.69, 9.17) is 12.2 Å². The van der Waals surface area contributed by atoms with Crippen LogP contribution < -0.4 is 4.90 Å². The Bertz CT molecular complexity index is 1340. The van der Waals surface area contributed by atoms with Crippen LogP contribution in [0.5, 0.6) is 0 Å². The SMILES string of the molecule is C[C@](O)(c1ccc(N2CCN(S(=O)(=O)C3=CC=CCC3=S)C[C@H]2Cc2ccccc2F)cc1)C(F)(F)F. The second-order valence-corrected chi connectivity index (χ2v) is 11.6. The third-order valence-corrected chi connectivity index (χ3v) is 9.22. The molecule has 37 heavy (non-hydrogen) atoms. The van der Waals surface area contributed by atoms with Crippen LogP contribution in [-0.2, 0) is 22.0 Å². The van der Waals surface area contributed by atoms with Crippen molar-refractivity contribution in [2.24, 2.45) is 0 Å².